The van der Waals surface area contributed by atoms with E-state index in [0.29, 0.717) is 23.3 Å². The molecule has 3 aliphatic carbocycles. The lowest BCUT2D eigenvalue weighted by Gasteiger charge is -2.54. The molecule has 0 saturated heterocycles. The predicted molar refractivity (Wildman–Crippen MR) is 50.2 cm³/mol. The van der Waals surface area contributed by atoms with E-state index in [1.807, 2.05) is 0 Å². The van der Waals surface area contributed by atoms with E-state index < -0.39 is 0 Å². The van der Waals surface area contributed by atoms with Gasteiger partial charge in [-0.2, -0.15) is 0 Å². The van der Waals surface area contributed by atoms with Gasteiger partial charge in [0, 0.05) is 12.0 Å². The monoisotopic (exact) mass is 179 g/mol. The van der Waals surface area contributed by atoms with Crippen molar-refractivity contribution >= 4 is 5.91 Å². The zero-order chi connectivity index (χ0) is 8.89. The highest BCUT2D eigenvalue weighted by Crippen LogP contribution is 2.55. The fourth-order valence-electron chi connectivity index (χ4n) is 2.84. The average molecular weight is 179 g/mol. The highest BCUT2D eigenvalue weighted by atomic mass is 16.2. The van der Waals surface area contributed by atoms with Crippen LogP contribution in [0.1, 0.15) is 44.9 Å². The quantitative estimate of drug-likeness (QED) is 0.688. The first-order valence-corrected chi connectivity index (χ1v) is 5.58. The molecule has 3 saturated carbocycles. The number of carbonyl (C=O) groups is 1. The summed E-state index contributed by atoms with van der Waals surface area (Å²) in [6, 6.07) is 0.536. The molecule has 1 spiro atoms. The van der Waals surface area contributed by atoms with Gasteiger partial charge in [-0.05, 0) is 43.9 Å². The van der Waals surface area contributed by atoms with Crippen LogP contribution in [0.3, 0.4) is 0 Å². The van der Waals surface area contributed by atoms with Gasteiger partial charge < -0.3 is 5.32 Å². The van der Waals surface area contributed by atoms with Gasteiger partial charge in [0.1, 0.15) is 0 Å². The molecule has 0 unspecified atom stereocenters. The minimum absolute atomic E-state index is 0.333. The lowest BCUT2D eigenvalue weighted by atomic mass is 9.54. The van der Waals surface area contributed by atoms with Crippen molar-refractivity contribution in [3.8, 4) is 0 Å². The van der Waals surface area contributed by atoms with Gasteiger partial charge in [0.25, 0.3) is 0 Å². The standard InChI is InChI=1S/C11H17NO/c13-10(8-2-3-8)12-9-6-11(7-9)4-1-5-11/h8-9H,1-7H2,(H,12,13). The third kappa shape index (κ3) is 1.27. The van der Waals surface area contributed by atoms with Gasteiger partial charge in [-0.25, -0.2) is 0 Å². The SMILES string of the molecule is O=C(NC1CC2(CCC2)C1)C1CC1. The van der Waals surface area contributed by atoms with E-state index >= 15 is 0 Å². The van der Waals surface area contributed by atoms with Crippen LogP contribution in [0.25, 0.3) is 0 Å². The van der Waals surface area contributed by atoms with E-state index in [1.54, 1.807) is 0 Å². The van der Waals surface area contributed by atoms with Crippen LogP contribution in [0, 0.1) is 11.3 Å². The highest BCUT2D eigenvalue weighted by molar-refractivity contribution is 5.81. The number of nitrogens with one attached hydrogen (secondary N) is 1. The second-order valence-electron chi connectivity index (χ2n) is 5.24. The van der Waals surface area contributed by atoms with Gasteiger partial charge in [0.05, 0.1) is 0 Å². The molecule has 1 amide bonds. The molecule has 3 fully saturated rings. The minimum Gasteiger partial charge on any atom is -0.353 e. The number of carbonyl (C=O) groups excluding carboxylic acids is 1. The Kier molecular flexibility index (Phi) is 1.50. The van der Waals surface area contributed by atoms with Crippen LogP contribution in [0.2, 0.25) is 0 Å². The Bertz CT molecular complexity index is 232. The third-order valence-corrected chi connectivity index (χ3v) is 4.07. The Labute approximate surface area is 79.1 Å². The van der Waals surface area contributed by atoms with Crippen molar-refractivity contribution in [2.75, 3.05) is 0 Å². The molecule has 0 radical (unpaired) electrons. The van der Waals surface area contributed by atoms with Gasteiger partial charge in [-0.3, -0.25) is 4.79 Å². The molecular formula is C11H17NO. The summed E-state index contributed by atoms with van der Waals surface area (Å²) in [6.45, 7) is 0. The molecule has 3 aliphatic rings. The van der Waals surface area contributed by atoms with E-state index in [4.69, 9.17) is 0 Å². The molecule has 0 aliphatic heterocycles. The topological polar surface area (TPSA) is 29.1 Å². The molecule has 0 heterocycles. The molecule has 3 rings (SSSR count). The molecule has 0 aromatic carbocycles. The maximum Gasteiger partial charge on any atom is 0.223 e. The van der Waals surface area contributed by atoms with Crippen molar-refractivity contribution in [2.24, 2.45) is 11.3 Å². The molecule has 0 bridgehead atoms. The summed E-state index contributed by atoms with van der Waals surface area (Å²) in [6.07, 6.45) is 9.05. The zero-order valence-electron chi connectivity index (χ0n) is 8.01. The Morgan fingerprint density at radius 1 is 1.23 bits per heavy atom. The van der Waals surface area contributed by atoms with Crippen LogP contribution >= 0.6 is 0 Å². The summed E-state index contributed by atoms with van der Waals surface area (Å²) < 4.78 is 0. The summed E-state index contributed by atoms with van der Waals surface area (Å²) in [5.74, 6) is 0.720. The lowest BCUT2D eigenvalue weighted by Crippen LogP contribution is -2.53. The number of hydrogen-bond acceptors (Lipinski definition) is 1. The first-order valence-electron chi connectivity index (χ1n) is 5.58. The highest BCUT2D eigenvalue weighted by Gasteiger charge is 2.49. The second-order valence-corrected chi connectivity index (χ2v) is 5.24. The summed E-state index contributed by atoms with van der Waals surface area (Å²) in [4.78, 5) is 11.4. The lowest BCUT2D eigenvalue weighted by molar-refractivity contribution is -0.125. The van der Waals surface area contributed by atoms with Crippen LogP contribution in [0.15, 0.2) is 0 Å². The van der Waals surface area contributed by atoms with Crippen LogP contribution in [-0.4, -0.2) is 11.9 Å². The second kappa shape index (κ2) is 2.49. The molecule has 1 N–H and O–H groups in total. The van der Waals surface area contributed by atoms with E-state index in [9.17, 15) is 4.79 Å². The third-order valence-electron chi connectivity index (χ3n) is 4.07. The summed E-state index contributed by atoms with van der Waals surface area (Å²) in [5, 5.41) is 3.16. The van der Waals surface area contributed by atoms with Gasteiger partial charge in [0.2, 0.25) is 5.91 Å². The molecule has 0 atom stereocenters. The molecule has 13 heavy (non-hydrogen) atoms. The first kappa shape index (κ1) is 7.84. The fraction of sp³-hybridized carbons (Fsp3) is 0.909. The molecule has 2 nitrogen and oxygen atoms in total. The summed E-state index contributed by atoms with van der Waals surface area (Å²) >= 11 is 0. The first-order chi connectivity index (χ1) is 6.27. The smallest absolute Gasteiger partial charge is 0.223 e. The van der Waals surface area contributed by atoms with E-state index in [0.717, 1.165) is 12.8 Å². The Balaban J connectivity index is 1.45. The van der Waals surface area contributed by atoms with Crippen molar-refractivity contribution in [2.45, 2.75) is 51.0 Å². The number of hydrogen-bond donors (Lipinski definition) is 1. The number of amides is 1. The largest absolute Gasteiger partial charge is 0.353 e. The van der Waals surface area contributed by atoms with Crippen LogP contribution in [-0.2, 0) is 4.79 Å². The summed E-state index contributed by atoms with van der Waals surface area (Å²) in [5.41, 5.74) is 0.696. The maximum atomic E-state index is 11.4. The zero-order valence-corrected chi connectivity index (χ0v) is 8.01. The molecule has 0 aromatic heterocycles. The molecule has 72 valence electrons. The number of rotatable bonds is 2. The summed E-state index contributed by atoms with van der Waals surface area (Å²) in [7, 11) is 0. The molecule has 2 heteroatoms. The van der Waals surface area contributed by atoms with Crippen molar-refractivity contribution in [1.82, 2.24) is 5.32 Å². The molecular weight excluding hydrogens is 162 g/mol. The molecule has 0 aromatic rings. The van der Waals surface area contributed by atoms with Crippen LogP contribution in [0.5, 0.6) is 0 Å². The fourth-order valence-corrected chi connectivity index (χ4v) is 2.84. The van der Waals surface area contributed by atoms with Crippen molar-refractivity contribution in [1.29, 1.82) is 0 Å². The normalized spacial score (nSPS) is 30.8. The average Bonchev–Trinajstić information content (AvgIpc) is 2.72. The van der Waals surface area contributed by atoms with Gasteiger partial charge in [-0.15, -0.1) is 0 Å². The van der Waals surface area contributed by atoms with Gasteiger partial charge in [-0.1, -0.05) is 6.42 Å². The maximum absolute atomic E-state index is 11.4. The minimum atomic E-state index is 0.333. The van der Waals surface area contributed by atoms with E-state index in [1.165, 1.54) is 32.1 Å². The Morgan fingerprint density at radius 3 is 2.38 bits per heavy atom. The van der Waals surface area contributed by atoms with Gasteiger partial charge in [0.15, 0.2) is 0 Å². The van der Waals surface area contributed by atoms with Crippen molar-refractivity contribution in [3.05, 3.63) is 0 Å². The van der Waals surface area contributed by atoms with E-state index in [2.05, 4.69) is 5.32 Å². The van der Waals surface area contributed by atoms with Crippen molar-refractivity contribution < 1.29 is 4.79 Å². The van der Waals surface area contributed by atoms with Crippen LogP contribution in [0.4, 0.5) is 0 Å². The van der Waals surface area contributed by atoms with Gasteiger partial charge >= 0.3 is 0 Å². The van der Waals surface area contributed by atoms with Crippen LogP contribution < -0.4 is 5.32 Å². The Hall–Kier alpha value is -0.530. The van der Waals surface area contributed by atoms with E-state index in [-0.39, 0.29) is 0 Å². The van der Waals surface area contributed by atoms with Crippen molar-refractivity contribution in [3.63, 3.8) is 0 Å². The predicted octanol–water partition coefficient (Wildman–Crippen LogP) is 1.85. The Morgan fingerprint density at radius 2 is 1.92 bits per heavy atom.